The standard InChI is InChI=1S/C29H34F2N6O4/c30-22-6-1-5-21(25(22)31)18-8-9-23(27(38)36(16-18)17-20-4-3-15-41-20)33-28(39)35-13-10-19(11-14-35)37-24-7-2-12-32-26(24)34-29(37)40/h1-2,5-7,12,18-20,23H,3-4,8-11,13-17H2,(H,33,39)(H,32,34,40)/t18-,20+,23-/m1/s1. The third-order valence-electron chi connectivity index (χ3n) is 8.63. The lowest BCUT2D eigenvalue weighted by atomic mass is 9.93. The van der Waals surface area contributed by atoms with Crippen molar-refractivity contribution in [3.63, 3.8) is 0 Å². The number of fused-ring (bicyclic) bond motifs is 1. The first-order valence-electron chi connectivity index (χ1n) is 14.3. The van der Waals surface area contributed by atoms with Gasteiger partial charge < -0.3 is 19.9 Å². The molecule has 0 spiro atoms. The fourth-order valence-corrected chi connectivity index (χ4v) is 6.47. The van der Waals surface area contributed by atoms with Crippen LogP contribution in [-0.2, 0) is 9.53 Å². The zero-order valence-electron chi connectivity index (χ0n) is 22.7. The average molecular weight is 569 g/mol. The highest BCUT2D eigenvalue weighted by molar-refractivity contribution is 5.87. The maximum atomic E-state index is 14.7. The molecule has 1 aromatic carbocycles. The first-order chi connectivity index (χ1) is 19.9. The number of nitrogens with one attached hydrogen (secondary N) is 2. The lowest BCUT2D eigenvalue weighted by Gasteiger charge is -2.34. The SMILES string of the molecule is O=C(N[C@@H]1CC[C@@H](c2cccc(F)c2F)CN(C[C@@H]2CCCO2)C1=O)N1CCC(n2c(=O)[nH]c3ncccc32)CC1. The Morgan fingerprint density at radius 3 is 2.68 bits per heavy atom. The summed E-state index contributed by atoms with van der Waals surface area (Å²) in [6, 6.07) is 6.56. The predicted molar refractivity (Wildman–Crippen MR) is 146 cm³/mol. The van der Waals surface area contributed by atoms with Gasteiger partial charge in [0, 0.05) is 50.9 Å². The lowest BCUT2D eigenvalue weighted by molar-refractivity contribution is -0.134. The number of hydrogen-bond acceptors (Lipinski definition) is 5. The molecule has 0 aliphatic carbocycles. The van der Waals surface area contributed by atoms with E-state index >= 15 is 0 Å². The minimum atomic E-state index is -0.914. The van der Waals surface area contributed by atoms with Crippen LogP contribution < -0.4 is 11.0 Å². The number of urea groups is 1. The number of likely N-dealkylation sites (tertiary alicyclic amines) is 2. The molecule has 2 aromatic heterocycles. The summed E-state index contributed by atoms with van der Waals surface area (Å²) in [5, 5.41) is 2.92. The molecule has 218 valence electrons. The highest BCUT2D eigenvalue weighted by Gasteiger charge is 2.37. The first-order valence-corrected chi connectivity index (χ1v) is 14.3. The predicted octanol–water partition coefficient (Wildman–Crippen LogP) is 3.30. The number of hydrogen-bond donors (Lipinski definition) is 2. The van der Waals surface area contributed by atoms with Gasteiger partial charge in [0.1, 0.15) is 6.04 Å². The number of halogens is 2. The number of benzene rings is 1. The van der Waals surface area contributed by atoms with Crippen LogP contribution in [0.15, 0.2) is 41.3 Å². The van der Waals surface area contributed by atoms with Crippen LogP contribution in [-0.4, -0.2) is 81.2 Å². The molecule has 5 heterocycles. The minimum Gasteiger partial charge on any atom is -0.376 e. The molecule has 12 heteroatoms. The maximum Gasteiger partial charge on any atom is 0.327 e. The Hall–Kier alpha value is -3.80. The normalized spacial score (nSPS) is 24.1. The van der Waals surface area contributed by atoms with Crippen LogP contribution in [0.2, 0.25) is 0 Å². The van der Waals surface area contributed by atoms with E-state index in [1.165, 1.54) is 6.07 Å². The Balaban J connectivity index is 1.14. The van der Waals surface area contributed by atoms with Gasteiger partial charge in [-0.05, 0) is 62.3 Å². The number of rotatable bonds is 5. The van der Waals surface area contributed by atoms with Crippen molar-refractivity contribution in [1.82, 2.24) is 29.7 Å². The van der Waals surface area contributed by atoms with E-state index in [4.69, 9.17) is 4.74 Å². The third-order valence-corrected chi connectivity index (χ3v) is 8.63. The number of carbonyl (C=O) groups is 2. The number of imidazole rings is 1. The van der Waals surface area contributed by atoms with E-state index in [1.807, 2.05) is 6.07 Å². The van der Waals surface area contributed by atoms with Gasteiger partial charge in [0.2, 0.25) is 5.91 Å². The van der Waals surface area contributed by atoms with Gasteiger partial charge in [0.15, 0.2) is 17.3 Å². The first kappa shape index (κ1) is 27.4. The molecule has 3 atom stereocenters. The van der Waals surface area contributed by atoms with Crippen molar-refractivity contribution in [3.05, 3.63) is 64.2 Å². The second-order valence-electron chi connectivity index (χ2n) is 11.2. The molecule has 3 aliphatic rings. The Morgan fingerprint density at radius 2 is 1.90 bits per heavy atom. The molecular weight excluding hydrogens is 534 g/mol. The number of H-pyrrole nitrogens is 1. The van der Waals surface area contributed by atoms with Gasteiger partial charge in [-0.3, -0.25) is 14.3 Å². The summed E-state index contributed by atoms with van der Waals surface area (Å²) >= 11 is 0. The van der Waals surface area contributed by atoms with Crippen molar-refractivity contribution in [3.8, 4) is 0 Å². The lowest BCUT2D eigenvalue weighted by Crippen LogP contribution is -2.53. The van der Waals surface area contributed by atoms with Gasteiger partial charge >= 0.3 is 11.7 Å². The maximum absolute atomic E-state index is 14.7. The van der Waals surface area contributed by atoms with E-state index in [9.17, 15) is 23.2 Å². The number of nitrogens with zero attached hydrogens (tertiary/aromatic N) is 4. The summed E-state index contributed by atoms with van der Waals surface area (Å²) in [5.74, 6) is -2.45. The van der Waals surface area contributed by atoms with Crippen LogP contribution in [0.1, 0.15) is 56.0 Å². The summed E-state index contributed by atoms with van der Waals surface area (Å²) in [6.45, 7) is 2.05. The van der Waals surface area contributed by atoms with Crippen molar-refractivity contribution < 1.29 is 23.1 Å². The molecule has 3 aliphatic heterocycles. The van der Waals surface area contributed by atoms with Crippen LogP contribution >= 0.6 is 0 Å². The molecule has 3 amide bonds. The van der Waals surface area contributed by atoms with Crippen molar-refractivity contribution in [1.29, 1.82) is 0 Å². The third kappa shape index (κ3) is 5.57. The van der Waals surface area contributed by atoms with E-state index in [0.717, 1.165) is 24.4 Å². The summed E-state index contributed by atoms with van der Waals surface area (Å²) < 4.78 is 36.3. The molecular formula is C29H34F2N6O4. The van der Waals surface area contributed by atoms with Crippen LogP contribution in [0.25, 0.3) is 11.2 Å². The Morgan fingerprint density at radius 1 is 1.07 bits per heavy atom. The smallest absolute Gasteiger partial charge is 0.327 e. The van der Waals surface area contributed by atoms with Crippen LogP contribution in [0.3, 0.4) is 0 Å². The molecule has 2 N–H and O–H groups in total. The number of amides is 3. The fraction of sp³-hybridized carbons (Fsp3) is 0.517. The van der Waals surface area contributed by atoms with Crippen molar-refractivity contribution in [2.24, 2.45) is 0 Å². The molecule has 6 rings (SSSR count). The molecule has 0 unspecified atom stereocenters. The summed E-state index contributed by atoms with van der Waals surface area (Å²) in [5.41, 5.74) is 1.29. The second kappa shape index (κ2) is 11.6. The molecule has 3 aromatic rings. The number of piperidine rings is 1. The van der Waals surface area contributed by atoms with Gasteiger partial charge in [0.25, 0.3) is 0 Å². The number of aromatic amines is 1. The average Bonchev–Trinajstić information content (AvgIpc) is 3.58. The van der Waals surface area contributed by atoms with Gasteiger partial charge in [-0.1, -0.05) is 12.1 Å². The van der Waals surface area contributed by atoms with E-state index in [0.29, 0.717) is 57.6 Å². The molecule has 0 saturated carbocycles. The van der Waals surface area contributed by atoms with Gasteiger partial charge in [-0.2, -0.15) is 0 Å². The molecule has 0 bridgehead atoms. The van der Waals surface area contributed by atoms with E-state index < -0.39 is 23.6 Å². The topological polar surface area (TPSA) is 113 Å². The van der Waals surface area contributed by atoms with E-state index in [2.05, 4.69) is 15.3 Å². The zero-order chi connectivity index (χ0) is 28.5. The van der Waals surface area contributed by atoms with Crippen molar-refractivity contribution in [2.75, 3.05) is 32.8 Å². The summed E-state index contributed by atoms with van der Waals surface area (Å²) in [6.07, 6.45) is 5.13. The molecule has 10 nitrogen and oxygen atoms in total. The Bertz CT molecular complexity index is 1480. The van der Waals surface area contributed by atoms with Gasteiger partial charge in [-0.25, -0.2) is 23.4 Å². The minimum absolute atomic E-state index is 0.0761. The largest absolute Gasteiger partial charge is 0.376 e. The number of pyridine rings is 1. The van der Waals surface area contributed by atoms with Gasteiger partial charge in [0.05, 0.1) is 11.6 Å². The van der Waals surface area contributed by atoms with Crippen molar-refractivity contribution in [2.45, 2.75) is 62.6 Å². The van der Waals surface area contributed by atoms with Crippen LogP contribution in [0, 0.1) is 11.6 Å². The zero-order valence-corrected chi connectivity index (χ0v) is 22.7. The fourth-order valence-electron chi connectivity index (χ4n) is 6.47. The summed E-state index contributed by atoms with van der Waals surface area (Å²) in [7, 11) is 0. The Kier molecular flexibility index (Phi) is 7.74. The molecule has 3 saturated heterocycles. The quantitative estimate of drug-likeness (QED) is 0.491. The number of carbonyl (C=O) groups excluding carboxylic acids is 2. The number of aromatic nitrogens is 3. The molecule has 3 fully saturated rings. The van der Waals surface area contributed by atoms with Crippen LogP contribution in [0.5, 0.6) is 0 Å². The van der Waals surface area contributed by atoms with Crippen LogP contribution in [0.4, 0.5) is 13.6 Å². The Labute approximate surface area is 235 Å². The second-order valence-corrected chi connectivity index (χ2v) is 11.2. The molecule has 41 heavy (non-hydrogen) atoms. The van der Waals surface area contributed by atoms with Crippen molar-refractivity contribution >= 4 is 23.1 Å². The van der Waals surface area contributed by atoms with Gasteiger partial charge in [-0.15, -0.1) is 0 Å². The number of ether oxygens (including phenoxy) is 1. The highest BCUT2D eigenvalue weighted by atomic mass is 19.2. The van der Waals surface area contributed by atoms with E-state index in [-0.39, 0.29) is 41.9 Å². The molecule has 0 radical (unpaired) electrons. The summed E-state index contributed by atoms with van der Waals surface area (Å²) in [4.78, 5) is 49.9. The highest BCUT2D eigenvalue weighted by Crippen LogP contribution is 2.31. The van der Waals surface area contributed by atoms with E-state index in [1.54, 1.807) is 32.7 Å². The monoisotopic (exact) mass is 568 g/mol.